The van der Waals surface area contributed by atoms with Crippen molar-refractivity contribution in [3.63, 3.8) is 0 Å². The lowest BCUT2D eigenvalue weighted by Gasteiger charge is -2.11. The number of hydrogen-bond donors (Lipinski definition) is 3. The normalized spacial score (nSPS) is 11.8. The zero-order valence-electron chi connectivity index (χ0n) is 18.0. The van der Waals surface area contributed by atoms with E-state index in [4.69, 9.17) is 4.74 Å². The predicted molar refractivity (Wildman–Crippen MR) is 114 cm³/mol. The molecule has 0 aliphatic heterocycles. The molecular formula is C21H25FN6O4. The zero-order valence-corrected chi connectivity index (χ0v) is 18.0. The number of carbonyl (C=O) groups is 1. The molecule has 2 aromatic heterocycles. The van der Waals surface area contributed by atoms with Crippen molar-refractivity contribution in [2.75, 3.05) is 19.5 Å². The molecule has 0 unspecified atom stereocenters. The van der Waals surface area contributed by atoms with E-state index in [0.717, 1.165) is 5.56 Å². The van der Waals surface area contributed by atoms with Crippen LogP contribution in [0.5, 0.6) is 5.75 Å². The monoisotopic (exact) mass is 444 g/mol. The number of carbonyl (C=O) groups excluding carboxylic acids is 1. The number of halogens is 1. The zero-order chi connectivity index (χ0) is 23.1. The summed E-state index contributed by atoms with van der Waals surface area (Å²) in [5.41, 5.74) is 4.26. The fraction of sp³-hybridized carbons (Fsp3) is 0.333. The number of nitrogens with one attached hydrogen (secondary N) is 2. The van der Waals surface area contributed by atoms with Gasteiger partial charge in [-0.3, -0.25) is 14.3 Å². The van der Waals surface area contributed by atoms with Gasteiger partial charge in [-0.2, -0.15) is 5.10 Å². The maximum Gasteiger partial charge on any atom is 0.274 e. The molecule has 3 aromatic rings. The Morgan fingerprint density at radius 3 is 2.62 bits per heavy atom. The number of benzene rings is 1. The molecule has 0 bridgehead atoms. The Hall–Kier alpha value is -3.57. The first-order chi connectivity index (χ1) is 15.4. The Kier molecular flexibility index (Phi) is 7.68. The van der Waals surface area contributed by atoms with E-state index < -0.39 is 17.8 Å². The van der Waals surface area contributed by atoms with E-state index in [1.54, 1.807) is 36.4 Å². The van der Waals surface area contributed by atoms with Gasteiger partial charge in [-0.15, -0.1) is 0 Å². The quantitative estimate of drug-likeness (QED) is 0.406. The second-order valence-corrected chi connectivity index (χ2v) is 7.13. The molecule has 1 atom stereocenters. The molecule has 3 N–H and O–H groups in total. The lowest BCUT2D eigenvalue weighted by molar-refractivity contribution is 0.0537. The number of nitrogens with zero attached hydrogens (tertiary/aromatic N) is 4. The molecule has 1 aromatic carbocycles. The van der Waals surface area contributed by atoms with Crippen molar-refractivity contribution < 1.29 is 23.9 Å². The van der Waals surface area contributed by atoms with Gasteiger partial charge in [0, 0.05) is 24.2 Å². The molecule has 0 aliphatic carbocycles. The third kappa shape index (κ3) is 5.99. The van der Waals surface area contributed by atoms with Crippen molar-refractivity contribution in [3.05, 3.63) is 59.4 Å². The Morgan fingerprint density at radius 1 is 1.22 bits per heavy atom. The first-order valence-corrected chi connectivity index (χ1v) is 9.87. The Balaban J connectivity index is 1.65. The highest BCUT2D eigenvalue weighted by Gasteiger charge is 2.16. The molecule has 170 valence electrons. The third-order valence-electron chi connectivity index (χ3n) is 4.52. The number of aryl methyl sites for hydroxylation is 2. The van der Waals surface area contributed by atoms with Crippen LogP contribution in [0, 0.1) is 5.82 Å². The standard InChI is InChI=1S/C21H25FN6O4/c1-13(29)11-28-12-17(10-25-28)26-21-23-8-14(9-24-21)4-5-15-6-16(20(30)27-32-3)7-18(31-2)19(15)22/h6-10,12-13,29H,4-5,11H2,1-3H3,(H,27,30)(H,23,24,26)/t13-/m0/s1. The lowest BCUT2D eigenvalue weighted by atomic mass is 10.0. The average molecular weight is 444 g/mol. The maximum atomic E-state index is 14.6. The van der Waals surface area contributed by atoms with Crippen LogP contribution < -0.4 is 15.5 Å². The molecule has 1 amide bonds. The summed E-state index contributed by atoms with van der Waals surface area (Å²) in [4.78, 5) is 25.2. The molecule has 32 heavy (non-hydrogen) atoms. The molecule has 2 heterocycles. The number of methoxy groups -OCH3 is 1. The molecule has 10 nitrogen and oxygen atoms in total. The number of amides is 1. The summed E-state index contributed by atoms with van der Waals surface area (Å²) in [5, 5.41) is 16.6. The van der Waals surface area contributed by atoms with E-state index in [1.807, 2.05) is 0 Å². The van der Waals surface area contributed by atoms with Crippen LogP contribution in [0.25, 0.3) is 0 Å². The number of aliphatic hydroxyl groups excluding tert-OH is 1. The van der Waals surface area contributed by atoms with Crippen LogP contribution in [0.15, 0.2) is 36.9 Å². The first kappa shape index (κ1) is 23.1. The second kappa shape index (κ2) is 10.6. The minimum atomic E-state index is -0.519. The van der Waals surface area contributed by atoms with Crippen LogP contribution in [0.4, 0.5) is 16.0 Å². The van der Waals surface area contributed by atoms with E-state index in [-0.39, 0.29) is 11.3 Å². The van der Waals surface area contributed by atoms with E-state index in [1.165, 1.54) is 26.4 Å². The van der Waals surface area contributed by atoms with Gasteiger partial charge in [0.15, 0.2) is 11.6 Å². The van der Waals surface area contributed by atoms with Crippen molar-refractivity contribution in [1.82, 2.24) is 25.2 Å². The first-order valence-electron chi connectivity index (χ1n) is 9.87. The van der Waals surface area contributed by atoms with Gasteiger partial charge >= 0.3 is 0 Å². The Morgan fingerprint density at radius 2 is 1.97 bits per heavy atom. The van der Waals surface area contributed by atoms with Crippen molar-refractivity contribution in [2.24, 2.45) is 0 Å². The summed E-state index contributed by atoms with van der Waals surface area (Å²) in [6.45, 7) is 2.07. The molecule has 0 aliphatic rings. The summed E-state index contributed by atoms with van der Waals surface area (Å²) in [5.74, 6) is -0.649. The molecule has 0 fully saturated rings. The van der Waals surface area contributed by atoms with Gasteiger partial charge in [-0.25, -0.2) is 19.8 Å². The van der Waals surface area contributed by atoms with Crippen LogP contribution in [0.3, 0.4) is 0 Å². The van der Waals surface area contributed by atoms with Gasteiger partial charge in [-0.05, 0) is 43.0 Å². The highest BCUT2D eigenvalue weighted by Crippen LogP contribution is 2.24. The molecule has 0 saturated carbocycles. The molecule has 3 rings (SSSR count). The Labute approximate surface area is 184 Å². The number of aromatic nitrogens is 4. The van der Waals surface area contributed by atoms with Gasteiger partial charge in [0.1, 0.15) is 0 Å². The third-order valence-corrected chi connectivity index (χ3v) is 4.52. The van der Waals surface area contributed by atoms with Crippen molar-refractivity contribution in [2.45, 2.75) is 32.4 Å². The van der Waals surface area contributed by atoms with E-state index in [9.17, 15) is 14.3 Å². The highest BCUT2D eigenvalue weighted by molar-refractivity contribution is 5.94. The van der Waals surface area contributed by atoms with Gasteiger partial charge in [-0.1, -0.05) is 0 Å². The topological polar surface area (TPSA) is 123 Å². The van der Waals surface area contributed by atoms with Crippen molar-refractivity contribution >= 4 is 17.5 Å². The van der Waals surface area contributed by atoms with Crippen LogP contribution in [0.1, 0.15) is 28.4 Å². The largest absolute Gasteiger partial charge is 0.494 e. The minimum Gasteiger partial charge on any atom is -0.494 e. The van der Waals surface area contributed by atoms with Gasteiger partial charge < -0.3 is 15.2 Å². The van der Waals surface area contributed by atoms with E-state index >= 15 is 0 Å². The minimum absolute atomic E-state index is 0.0179. The highest BCUT2D eigenvalue weighted by atomic mass is 19.1. The average Bonchev–Trinajstić information content (AvgIpc) is 3.20. The summed E-state index contributed by atoms with van der Waals surface area (Å²) in [7, 11) is 2.66. The summed E-state index contributed by atoms with van der Waals surface area (Å²) in [6.07, 6.45) is 6.92. The second-order valence-electron chi connectivity index (χ2n) is 7.13. The van der Waals surface area contributed by atoms with Crippen LogP contribution in [-0.2, 0) is 24.2 Å². The lowest BCUT2D eigenvalue weighted by Crippen LogP contribution is -2.22. The van der Waals surface area contributed by atoms with Crippen molar-refractivity contribution in [1.29, 1.82) is 0 Å². The molecular weight excluding hydrogens is 419 g/mol. The van der Waals surface area contributed by atoms with Crippen LogP contribution in [-0.4, -0.2) is 51.1 Å². The SMILES string of the molecule is CONC(=O)c1cc(CCc2cnc(Nc3cnn(C[C@H](C)O)c3)nc2)c(F)c(OC)c1. The smallest absolute Gasteiger partial charge is 0.274 e. The number of ether oxygens (including phenoxy) is 1. The van der Waals surface area contributed by atoms with E-state index in [0.29, 0.717) is 36.6 Å². The van der Waals surface area contributed by atoms with E-state index in [2.05, 4.69) is 30.7 Å². The molecule has 0 saturated heterocycles. The number of aliphatic hydroxyl groups is 1. The molecule has 11 heteroatoms. The molecule has 0 spiro atoms. The van der Waals surface area contributed by atoms with Crippen LogP contribution >= 0.6 is 0 Å². The summed E-state index contributed by atoms with van der Waals surface area (Å²) in [6, 6.07) is 2.79. The van der Waals surface area contributed by atoms with Gasteiger partial charge in [0.2, 0.25) is 5.95 Å². The number of hydroxylamine groups is 1. The number of anilines is 2. The van der Waals surface area contributed by atoms with Crippen LogP contribution in [0.2, 0.25) is 0 Å². The number of rotatable bonds is 10. The maximum absolute atomic E-state index is 14.6. The predicted octanol–water partition coefficient (Wildman–Crippen LogP) is 2.02. The Bertz CT molecular complexity index is 1050. The van der Waals surface area contributed by atoms with Gasteiger partial charge in [0.05, 0.1) is 38.8 Å². The molecule has 0 radical (unpaired) electrons. The summed E-state index contributed by atoms with van der Waals surface area (Å²) < 4.78 is 21.3. The number of hydrogen-bond acceptors (Lipinski definition) is 8. The fourth-order valence-electron chi connectivity index (χ4n) is 3.02. The summed E-state index contributed by atoms with van der Waals surface area (Å²) >= 11 is 0. The fourth-order valence-corrected chi connectivity index (χ4v) is 3.02. The van der Waals surface area contributed by atoms with Gasteiger partial charge in [0.25, 0.3) is 5.91 Å². The van der Waals surface area contributed by atoms with Crippen molar-refractivity contribution in [3.8, 4) is 5.75 Å².